The zero-order valence-corrected chi connectivity index (χ0v) is 20.5. The van der Waals surface area contributed by atoms with Crippen LogP contribution in [0.15, 0.2) is 64.6 Å². The van der Waals surface area contributed by atoms with Crippen LogP contribution in [0.4, 0.5) is 17.3 Å². The number of sulfone groups is 1. The maximum absolute atomic E-state index is 13.7. The average molecular weight is 491 g/mol. The van der Waals surface area contributed by atoms with Crippen LogP contribution >= 0.6 is 0 Å². The van der Waals surface area contributed by atoms with Crippen molar-refractivity contribution >= 4 is 33.1 Å². The molecule has 0 aliphatic carbocycles. The maximum atomic E-state index is 13.7. The van der Waals surface area contributed by atoms with Crippen molar-refractivity contribution in [2.45, 2.75) is 42.7 Å². The van der Waals surface area contributed by atoms with E-state index in [4.69, 9.17) is 5.73 Å². The van der Waals surface area contributed by atoms with Gasteiger partial charge in [0.15, 0.2) is 5.03 Å². The number of nitrogens with zero attached hydrogens (tertiary/aromatic N) is 4. The van der Waals surface area contributed by atoms with Crippen LogP contribution in [-0.4, -0.2) is 36.4 Å². The summed E-state index contributed by atoms with van der Waals surface area (Å²) < 4.78 is 27.4. The molecular formula is C25H26N6O3S. The van der Waals surface area contributed by atoms with Gasteiger partial charge in [-0.05, 0) is 56.5 Å². The third kappa shape index (κ3) is 4.55. The molecule has 1 aliphatic heterocycles. The van der Waals surface area contributed by atoms with E-state index in [1.165, 1.54) is 24.4 Å². The minimum Gasteiger partial charge on any atom is -0.365 e. The van der Waals surface area contributed by atoms with Gasteiger partial charge >= 0.3 is 0 Å². The number of amides is 1. The normalized spacial score (nSPS) is 17.1. The van der Waals surface area contributed by atoms with E-state index in [9.17, 15) is 18.5 Å². The summed E-state index contributed by atoms with van der Waals surface area (Å²) in [6.45, 7) is 6.78. The van der Waals surface area contributed by atoms with E-state index in [0.29, 0.717) is 23.7 Å². The van der Waals surface area contributed by atoms with E-state index in [2.05, 4.69) is 28.3 Å². The number of primary amides is 1. The molecule has 9 nitrogen and oxygen atoms in total. The van der Waals surface area contributed by atoms with Crippen molar-refractivity contribution in [2.24, 2.45) is 11.7 Å². The second kappa shape index (κ2) is 9.00. The summed E-state index contributed by atoms with van der Waals surface area (Å²) in [6.07, 6.45) is 2.24. The highest BCUT2D eigenvalue weighted by atomic mass is 32.2. The van der Waals surface area contributed by atoms with Crippen molar-refractivity contribution in [1.82, 2.24) is 9.97 Å². The lowest BCUT2D eigenvalue weighted by atomic mass is 9.97. The molecule has 35 heavy (non-hydrogen) atoms. The molecule has 3 aromatic rings. The summed E-state index contributed by atoms with van der Waals surface area (Å²) in [5.74, 6) is -0.0453. The van der Waals surface area contributed by atoms with E-state index >= 15 is 0 Å². The number of nitriles is 1. The minimum absolute atomic E-state index is 0.148. The highest BCUT2D eigenvalue weighted by Gasteiger charge is 2.40. The van der Waals surface area contributed by atoms with Crippen molar-refractivity contribution in [3.63, 3.8) is 0 Å². The summed E-state index contributed by atoms with van der Waals surface area (Å²) in [4.78, 5) is 22.9. The molecule has 0 spiro atoms. The van der Waals surface area contributed by atoms with E-state index < -0.39 is 15.7 Å². The lowest BCUT2D eigenvalue weighted by molar-refractivity contribution is 0.0997. The van der Waals surface area contributed by atoms with E-state index in [1.807, 2.05) is 18.7 Å². The lowest BCUT2D eigenvalue weighted by Gasteiger charge is -2.33. The Kier molecular flexibility index (Phi) is 6.21. The Morgan fingerprint density at radius 2 is 1.94 bits per heavy atom. The summed E-state index contributed by atoms with van der Waals surface area (Å²) in [7, 11) is -4.23. The number of hydrogen-bond donors (Lipinski definition) is 2. The number of nitrogens with one attached hydrogen (secondary N) is 1. The van der Waals surface area contributed by atoms with Crippen molar-refractivity contribution in [2.75, 3.05) is 16.8 Å². The summed E-state index contributed by atoms with van der Waals surface area (Å²) in [5, 5.41) is 12.0. The number of hydrogen-bond acceptors (Lipinski definition) is 8. The van der Waals surface area contributed by atoms with Crippen LogP contribution in [0.2, 0.25) is 0 Å². The van der Waals surface area contributed by atoms with Gasteiger partial charge in [0.05, 0.1) is 16.1 Å². The Hall–Kier alpha value is -3.97. The topological polar surface area (TPSA) is 142 Å². The number of anilines is 3. The zero-order valence-electron chi connectivity index (χ0n) is 19.7. The van der Waals surface area contributed by atoms with Gasteiger partial charge in [-0.25, -0.2) is 18.4 Å². The van der Waals surface area contributed by atoms with Crippen LogP contribution < -0.4 is 16.0 Å². The predicted octanol–water partition coefficient (Wildman–Crippen LogP) is 3.65. The first-order valence-electron chi connectivity index (χ1n) is 11.1. The monoisotopic (exact) mass is 490 g/mol. The van der Waals surface area contributed by atoms with Crippen molar-refractivity contribution in [3.8, 4) is 6.07 Å². The SMILES string of the molecule is CC1CN(c2nccc(S(=O)(=O)c3cccc(Nc4ccccc4C#N)n3)c2C(N)=O)C(C)(C)C1. The molecule has 0 radical (unpaired) electrons. The minimum atomic E-state index is -4.23. The first-order chi connectivity index (χ1) is 16.5. The van der Waals surface area contributed by atoms with Crippen molar-refractivity contribution in [3.05, 3.63) is 65.9 Å². The molecule has 1 aliphatic rings. The van der Waals surface area contributed by atoms with E-state index in [1.54, 1.807) is 30.3 Å². The molecule has 1 amide bonds. The highest BCUT2D eigenvalue weighted by Crippen LogP contribution is 2.39. The maximum Gasteiger partial charge on any atom is 0.253 e. The van der Waals surface area contributed by atoms with Crippen molar-refractivity contribution in [1.29, 1.82) is 5.26 Å². The molecule has 0 saturated carbocycles. The first-order valence-corrected chi connectivity index (χ1v) is 12.6. The Labute approximate surface area is 204 Å². The summed E-state index contributed by atoms with van der Waals surface area (Å²) in [6, 6.07) is 14.6. The fraction of sp³-hybridized carbons (Fsp3) is 0.280. The van der Waals surface area contributed by atoms with Crippen LogP contribution in [0.1, 0.15) is 43.1 Å². The Balaban J connectivity index is 1.79. The highest BCUT2D eigenvalue weighted by molar-refractivity contribution is 7.91. The summed E-state index contributed by atoms with van der Waals surface area (Å²) >= 11 is 0. The molecule has 1 unspecified atom stereocenters. The van der Waals surface area contributed by atoms with Crippen LogP contribution in [0.5, 0.6) is 0 Å². The number of para-hydroxylation sites is 1. The molecule has 1 aromatic carbocycles. The van der Waals surface area contributed by atoms with Gasteiger partial charge in [0.2, 0.25) is 9.84 Å². The second-order valence-corrected chi connectivity index (χ2v) is 11.1. The third-order valence-corrected chi connectivity index (χ3v) is 7.76. The Morgan fingerprint density at radius 3 is 2.60 bits per heavy atom. The van der Waals surface area contributed by atoms with Crippen LogP contribution in [0.3, 0.4) is 0 Å². The molecule has 3 heterocycles. The van der Waals surface area contributed by atoms with E-state index in [-0.39, 0.29) is 32.7 Å². The molecule has 4 rings (SSSR count). The number of carbonyl (C=O) groups is 1. The Bertz CT molecular complexity index is 1450. The molecule has 180 valence electrons. The lowest BCUT2D eigenvalue weighted by Crippen LogP contribution is -2.40. The first kappa shape index (κ1) is 24.2. The standard InChI is InChI=1S/C25H26N6O3S/c1-16-13-25(2,3)31(15-16)24-22(23(27)32)19(11-12-28-24)35(33,34)21-10-6-9-20(30-21)29-18-8-5-4-7-17(18)14-26/h4-12,16H,13,15H2,1-3H3,(H2,27,32)(H,29,30). The molecular weight excluding hydrogens is 464 g/mol. The van der Waals surface area contributed by atoms with Gasteiger partial charge in [0, 0.05) is 18.3 Å². The van der Waals surface area contributed by atoms with Crippen LogP contribution in [-0.2, 0) is 9.84 Å². The number of pyridine rings is 2. The van der Waals surface area contributed by atoms with Gasteiger partial charge in [-0.3, -0.25) is 4.79 Å². The number of rotatable bonds is 6. The van der Waals surface area contributed by atoms with Crippen LogP contribution in [0.25, 0.3) is 0 Å². The molecule has 1 fully saturated rings. The van der Waals surface area contributed by atoms with Gasteiger partial charge in [-0.1, -0.05) is 25.1 Å². The summed E-state index contributed by atoms with van der Waals surface area (Å²) in [5.41, 5.74) is 6.12. The smallest absolute Gasteiger partial charge is 0.253 e. The number of aromatic nitrogens is 2. The molecule has 0 bridgehead atoms. The Morgan fingerprint density at radius 1 is 1.20 bits per heavy atom. The number of nitrogens with two attached hydrogens (primary N) is 1. The van der Waals surface area contributed by atoms with Gasteiger partial charge in [0.25, 0.3) is 5.91 Å². The average Bonchev–Trinajstić information content (AvgIpc) is 3.10. The van der Waals surface area contributed by atoms with Gasteiger partial charge in [-0.2, -0.15) is 5.26 Å². The fourth-order valence-corrected chi connectivity index (χ4v) is 6.03. The van der Waals surface area contributed by atoms with E-state index in [0.717, 1.165) is 6.42 Å². The van der Waals surface area contributed by atoms with Crippen LogP contribution in [0, 0.1) is 17.2 Å². The molecule has 3 N–H and O–H groups in total. The second-order valence-electron chi connectivity index (χ2n) is 9.25. The number of carbonyl (C=O) groups excluding carboxylic acids is 1. The number of benzene rings is 1. The zero-order chi connectivity index (χ0) is 25.4. The molecule has 2 aromatic heterocycles. The van der Waals surface area contributed by atoms with Gasteiger partial charge in [-0.15, -0.1) is 0 Å². The largest absolute Gasteiger partial charge is 0.365 e. The fourth-order valence-electron chi connectivity index (χ4n) is 4.63. The molecule has 1 saturated heterocycles. The van der Waals surface area contributed by atoms with Gasteiger partial charge < -0.3 is 16.0 Å². The predicted molar refractivity (Wildman–Crippen MR) is 132 cm³/mol. The van der Waals surface area contributed by atoms with Gasteiger partial charge in [0.1, 0.15) is 23.3 Å². The third-order valence-electron chi connectivity index (χ3n) is 6.07. The van der Waals surface area contributed by atoms with Crippen molar-refractivity contribution < 1.29 is 13.2 Å². The molecule has 1 atom stereocenters. The molecule has 10 heteroatoms. The quantitative estimate of drug-likeness (QED) is 0.533.